The molecular formula is C12H13Cl. The minimum Gasteiger partial charge on any atom is -0.0843 e. The highest BCUT2D eigenvalue weighted by molar-refractivity contribution is 6.30. The van der Waals surface area contributed by atoms with Crippen molar-refractivity contribution in [2.24, 2.45) is 0 Å². The topological polar surface area (TPSA) is 0 Å². The lowest BCUT2D eigenvalue weighted by Crippen LogP contribution is -1.85. The van der Waals surface area contributed by atoms with E-state index in [1.165, 1.54) is 36.8 Å². The quantitative estimate of drug-likeness (QED) is 0.662. The van der Waals surface area contributed by atoms with Gasteiger partial charge in [-0.15, -0.1) is 0 Å². The molecule has 2 saturated carbocycles. The summed E-state index contributed by atoms with van der Waals surface area (Å²) >= 11 is 6.09. The standard InChI is InChI=1S/C12H13Cl/c13-12-6-10(8-1-2-8)5-11(7-12)9-3-4-9/h5-9H,1-4H2. The molecule has 13 heavy (non-hydrogen) atoms. The van der Waals surface area contributed by atoms with Crippen LogP contribution in [0, 0.1) is 0 Å². The maximum atomic E-state index is 6.09. The largest absolute Gasteiger partial charge is 0.0843 e. The molecule has 0 unspecified atom stereocenters. The molecule has 1 aromatic rings. The van der Waals surface area contributed by atoms with Gasteiger partial charge in [0.2, 0.25) is 0 Å². The Morgan fingerprint density at radius 1 is 0.846 bits per heavy atom. The number of benzene rings is 1. The Bertz CT molecular complexity index is 305. The fourth-order valence-electron chi connectivity index (χ4n) is 1.94. The zero-order chi connectivity index (χ0) is 8.84. The van der Waals surface area contributed by atoms with Crippen molar-refractivity contribution in [1.82, 2.24) is 0 Å². The zero-order valence-corrected chi connectivity index (χ0v) is 8.35. The van der Waals surface area contributed by atoms with Gasteiger partial charge in [-0.1, -0.05) is 17.7 Å². The smallest absolute Gasteiger partial charge is 0.0411 e. The predicted octanol–water partition coefficient (Wildman–Crippen LogP) is 4.09. The van der Waals surface area contributed by atoms with E-state index in [4.69, 9.17) is 11.6 Å². The van der Waals surface area contributed by atoms with Crippen molar-refractivity contribution in [3.05, 3.63) is 34.3 Å². The molecule has 68 valence electrons. The summed E-state index contributed by atoms with van der Waals surface area (Å²) in [6, 6.07) is 6.66. The summed E-state index contributed by atoms with van der Waals surface area (Å²) in [5, 5.41) is 0.936. The summed E-state index contributed by atoms with van der Waals surface area (Å²) in [6.07, 6.45) is 5.46. The lowest BCUT2D eigenvalue weighted by molar-refractivity contribution is 1.07. The van der Waals surface area contributed by atoms with Crippen molar-refractivity contribution in [2.45, 2.75) is 37.5 Å². The van der Waals surface area contributed by atoms with Crippen molar-refractivity contribution in [3.63, 3.8) is 0 Å². The zero-order valence-electron chi connectivity index (χ0n) is 7.59. The molecule has 0 saturated heterocycles. The Kier molecular flexibility index (Phi) is 1.66. The van der Waals surface area contributed by atoms with Crippen LogP contribution in [0.2, 0.25) is 5.02 Å². The maximum Gasteiger partial charge on any atom is 0.0411 e. The second-order valence-electron chi connectivity index (χ2n) is 4.37. The van der Waals surface area contributed by atoms with Gasteiger partial charge in [0, 0.05) is 5.02 Å². The molecule has 0 heterocycles. The minimum absolute atomic E-state index is 0.830. The summed E-state index contributed by atoms with van der Waals surface area (Å²) in [4.78, 5) is 0. The Balaban J connectivity index is 1.99. The molecule has 0 radical (unpaired) electrons. The Labute approximate surface area is 83.9 Å². The lowest BCUT2D eigenvalue weighted by atomic mass is 10.0. The van der Waals surface area contributed by atoms with E-state index in [2.05, 4.69) is 18.2 Å². The van der Waals surface area contributed by atoms with Gasteiger partial charge in [0.1, 0.15) is 0 Å². The van der Waals surface area contributed by atoms with Crippen molar-refractivity contribution < 1.29 is 0 Å². The van der Waals surface area contributed by atoms with Crippen molar-refractivity contribution >= 4 is 11.6 Å². The first kappa shape index (κ1) is 7.87. The second-order valence-corrected chi connectivity index (χ2v) is 4.80. The first-order chi connectivity index (χ1) is 6.33. The summed E-state index contributed by atoms with van der Waals surface area (Å²) in [7, 11) is 0. The van der Waals surface area contributed by atoms with Crippen LogP contribution in [0.15, 0.2) is 18.2 Å². The normalized spacial score (nSPS) is 21.9. The number of hydrogen-bond acceptors (Lipinski definition) is 0. The molecule has 0 spiro atoms. The SMILES string of the molecule is Clc1cc(C2CC2)cc(C2CC2)c1. The van der Waals surface area contributed by atoms with E-state index in [-0.39, 0.29) is 0 Å². The second kappa shape index (κ2) is 2.75. The highest BCUT2D eigenvalue weighted by atomic mass is 35.5. The molecule has 0 bridgehead atoms. The summed E-state index contributed by atoms with van der Waals surface area (Å²) < 4.78 is 0. The average molecular weight is 193 g/mol. The van der Waals surface area contributed by atoms with Crippen LogP contribution < -0.4 is 0 Å². The van der Waals surface area contributed by atoms with Crippen molar-refractivity contribution in [2.75, 3.05) is 0 Å². The molecule has 2 aliphatic carbocycles. The Morgan fingerprint density at radius 3 is 1.69 bits per heavy atom. The highest BCUT2D eigenvalue weighted by Gasteiger charge is 2.28. The molecule has 0 amide bonds. The number of rotatable bonds is 2. The number of hydrogen-bond donors (Lipinski definition) is 0. The Morgan fingerprint density at radius 2 is 1.31 bits per heavy atom. The van der Waals surface area contributed by atoms with Crippen LogP contribution in [0.5, 0.6) is 0 Å². The van der Waals surface area contributed by atoms with Gasteiger partial charge in [-0.25, -0.2) is 0 Å². The maximum absolute atomic E-state index is 6.09. The van der Waals surface area contributed by atoms with Gasteiger partial charge in [-0.2, -0.15) is 0 Å². The van der Waals surface area contributed by atoms with Crippen LogP contribution in [0.3, 0.4) is 0 Å². The third-order valence-electron chi connectivity index (χ3n) is 3.04. The third-order valence-corrected chi connectivity index (χ3v) is 3.26. The van der Waals surface area contributed by atoms with Crippen LogP contribution >= 0.6 is 11.6 Å². The van der Waals surface area contributed by atoms with E-state index in [0.717, 1.165) is 16.9 Å². The first-order valence-corrected chi connectivity index (χ1v) is 5.51. The van der Waals surface area contributed by atoms with E-state index in [9.17, 15) is 0 Å². The highest BCUT2D eigenvalue weighted by Crippen LogP contribution is 2.45. The van der Waals surface area contributed by atoms with Crippen LogP contribution in [0.25, 0.3) is 0 Å². The van der Waals surface area contributed by atoms with Crippen molar-refractivity contribution in [1.29, 1.82) is 0 Å². The molecule has 0 nitrogen and oxygen atoms in total. The molecule has 2 aliphatic rings. The van der Waals surface area contributed by atoms with Gasteiger partial charge >= 0.3 is 0 Å². The molecule has 2 fully saturated rings. The lowest BCUT2D eigenvalue weighted by Gasteiger charge is -2.04. The molecule has 0 atom stereocenters. The third kappa shape index (κ3) is 1.60. The van der Waals surface area contributed by atoms with Crippen LogP contribution in [0.4, 0.5) is 0 Å². The average Bonchev–Trinajstić information content (AvgIpc) is 2.98. The molecule has 0 aromatic heterocycles. The summed E-state index contributed by atoms with van der Waals surface area (Å²) in [5.41, 5.74) is 2.96. The molecule has 1 heteroatoms. The fraction of sp³-hybridized carbons (Fsp3) is 0.500. The monoisotopic (exact) mass is 192 g/mol. The van der Waals surface area contributed by atoms with Gasteiger partial charge in [-0.3, -0.25) is 0 Å². The molecule has 1 aromatic carbocycles. The van der Waals surface area contributed by atoms with E-state index in [1.807, 2.05) is 0 Å². The fourth-order valence-corrected chi connectivity index (χ4v) is 2.19. The van der Waals surface area contributed by atoms with E-state index < -0.39 is 0 Å². The van der Waals surface area contributed by atoms with Gasteiger partial charge in [0.25, 0.3) is 0 Å². The van der Waals surface area contributed by atoms with E-state index in [1.54, 1.807) is 0 Å². The van der Waals surface area contributed by atoms with Crippen LogP contribution in [-0.4, -0.2) is 0 Å². The minimum atomic E-state index is 0.830. The molecule has 0 N–H and O–H groups in total. The molecule has 0 aliphatic heterocycles. The van der Waals surface area contributed by atoms with Gasteiger partial charge in [-0.05, 0) is 60.8 Å². The summed E-state index contributed by atoms with van der Waals surface area (Å²) in [6.45, 7) is 0. The summed E-state index contributed by atoms with van der Waals surface area (Å²) in [5.74, 6) is 1.66. The van der Waals surface area contributed by atoms with Crippen LogP contribution in [-0.2, 0) is 0 Å². The van der Waals surface area contributed by atoms with Gasteiger partial charge < -0.3 is 0 Å². The molecular weight excluding hydrogens is 180 g/mol. The first-order valence-electron chi connectivity index (χ1n) is 5.13. The molecule has 3 rings (SSSR count). The van der Waals surface area contributed by atoms with Gasteiger partial charge in [0.15, 0.2) is 0 Å². The predicted molar refractivity (Wildman–Crippen MR) is 55.4 cm³/mol. The van der Waals surface area contributed by atoms with Crippen LogP contribution in [0.1, 0.15) is 48.6 Å². The van der Waals surface area contributed by atoms with E-state index >= 15 is 0 Å². The Hall–Kier alpha value is -0.490. The van der Waals surface area contributed by atoms with E-state index in [0.29, 0.717) is 0 Å². The van der Waals surface area contributed by atoms with Gasteiger partial charge in [0.05, 0.1) is 0 Å². The number of halogens is 1. The van der Waals surface area contributed by atoms with Crippen molar-refractivity contribution in [3.8, 4) is 0 Å².